The van der Waals surface area contributed by atoms with Crippen LogP contribution in [-0.2, 0) is 9.63 Å². The molecule has 19 heavy (non-hydrogen) atoms. The first-order valence-corrected chi connectivity index (χ1v) is 6.82. The summed E-state index contributed by atoms with van der Waals surface area (Å²) in [5.41, 5.74) is 3.08. The molecule has 0 spiro atoms. The van der Waals surface area contributed by atoms with E-state index >= 15 is 0 Å². The van der Waals surface area contributed by atoms with Crippen LogP contribution >= 0.6 is 11.6 Å². The van der Waals surface area contributed by atoms with Crippen molar-refractivity contribution < 1.29 is 9.63 Å². The van der Waals surface area contributed by atoms with Gasteiger partial charge in [0.15, 0.2) is 0 Å². The lowest BCUT2D eigenvalue weighted by Crippen LogP contribution is -2.37. The van der Waals surface area contributed by atoms with E-state index < -0.39 is 5.60 Å². The van der Waals surface area contributed by atoms with E-state index in [1.807, 2.05) is 46.8 Å². The van der Waals surface area contributed by atoms with Crippen LogP contribution in [-0.4, -0.2) is 11.5 Å². The first-order valence-electron chi connectivity index (χ1n) is 6.44. The number of nitrogens with one attached hydrogen (secondary N) is 1. The molecule has 1 N–H and O–H groups in total. The Hall–Kier alpha value is -1.06. The Morgan fingerprint density at radius 1 is 1.21 bits per heavy atom. The van der Waals surface area contributed by atoms with Crippen molar-refractivity contribution in [2.45, 2.75) is 46.1 Å². The molecule has 0 radical (unpaired) electrons. The largest absolute Gasteiger partial charge is 0.272 e. The molecule has 1 atom stereocenters. The summed E-state index contributed by atoms with van der Waals surface area (Å²) in [6.45, 7) is 9.69. The van der Waals surface area contributed by atoms with E-state index in [4.69, 9.17) is 16.4 Å². The normalized spacial score (nSPS) is 13.4. The zero-order valence-electron chi connectivity index (χ0n) is 12.2. The van der Waals surface area contributed by atoms with Gasteiger partial charge in [0.05, 0.1) is 11.5 Å². The average molecular weight is 284 g/mol. The molecule has 3 nitrogen and oxygen atoms in total. The van der Waals surface area contributed by atoms with Gasteiger partial charge in [0.1, 0.15) is 0 Å². The summed E-state index contributed by atoms with van der Waals surface area (Å²) in [5, 5.41) is 0.664. The van der Waals surface area contributed by atoms with Gasteiger partial charge in [-0.05, 0) is 44.4 Å². The van der Waals surface area contributed by atoms with E-state index in [0.717, 1.165) is 5.56 Å². The third-order valence-corrected chi connectivity index (χ3v) is 2.89. The number of hydrogen-bond donors (Lipinski definition) is 1. The fourth-order valence-corrected chi connectivity index (χ4v) is 1.90. The van der Waals surface area contributed by atoms with Crippen LogP contribution in [0.4, 0.5) is 0 Å². The maximum atomic E-state index is 12.2. The molecule has 1 rings (SSSR count). The van der Waals surface area contributed by atoms with Crippen molar-refractivity contribution in [1.29, 1.82) is 0 Å². The van der Waals surface area contributed by atoms with E-state index in [1.54, 1.807) is 12.1 Å². The molecule has 1 aromatic carbocycles. The highest BCUT2D eigenvalue weighted by molar-refractivity contribution is 6.30. The third-order valence-electron chi connectivity index (χ3n) is 2.64. The lowest BCUT2D eigenvalue weighted by atomic mass is 9.88. The molecular weight excluding hydrogens is 262 g/mol. The summed E-state index contributed by atoms with van der Waals surface area (Å²) in [7, 11) is 0. The topological polar surface area (TPSA) is 38.3 Å². The Labute approximate surface area is 120 Å². The number of rotatable bonds is 4. The van der Waals surface area contributed by atoms with Crippen molar-refractivity contribution in [3.8, 4) is 0 Å². The van der Waals surface area contributed by atoms with Crippen molar-refractivity contribution >= 4 is 17.5 Å². The highest BCUT2D eigenvalue weighted by Gasteiger charge is 2.25. The quantitative estimate of drug-likeness (QED) is 0.851. The lowest BCUT2D eigenvalue weighted by Gasteiger charge is -2.24. The molecule has 0 aromatic heterocycles. The summed E-state index contributed by atoms with van der Waals surface area (Å²) in [6, 6.07) is 7.35. The second-order valence-electron chi connectivity index (χ2n) is 5.95. The van der Waals surface area contributed by atoms with Crippen LogP contribution in [0.5, 0.6) is 0 Å². The first-order chi connectivity index (χ1) is 8.70. The highest BCUT2D eigenvalue weighted by atomic mass is 35.5. The van der Waals surface area contributed by atoms with Gasteiger partial charge in [-0.15, -0.1) is 0 Å². The van der Waals surface area contributed by atoms with Gasteiger partial charge in [-0.3, -0.25) is 9.63 Å². The molecule has 4 heteroatoms. The highest BCUT2D eigenvalue weighted by Crippen LogP contribution is 2.26. The zero-order chi connectivity index (χ0) is 14.6. The smallest absolute Gasteiger partial charge is 0.251 e. The van der Waals surface area contributed by atoms with Crippen molar-refractivity contribution in [3.05, 3.63) is 34.9 Å². The fraction of sp³-hybridized carbons (Fsp3) is 0.533. The summed E-state index contributed by atoms with van der Waals surface area (Å²) in [5.74, 6) is -0.211. The SMILES string of the molecule is CC(C)C(C(=O)NOC(C)(C)C)c1ccc(Cl)cc1. The van der Waals surface area contributed by atoms with Gasteiger partial charge in [0.2, 0.25) is 0 Å². The van der Waals surface area contributed by atoms with E-state index in [2.05, 4.69) is 5.48 Å². The second-order valence-corrected chi connectivity index (χ2v) is 6.39. The van der Waals surface area contributed by atoms with Gasteiger partial charge in [0.25, 0.3) is 5.91 Å². The molecule has 1 aromatic rings. The van der Waals surface area contributed by atoms with Crippen LogP contribution in [0.3, 0.4) is 0 Å². The van der Waals surface area contributed by atoms with E-state index in [-0.39, 0.29) is 17.7 Å². The number of benzene rings is 1. The molecule has 0 bridgehead atoms. The van der Waals surface area contributed by atoms with Gasteiger partial charge >= 0.3 is 0 Å². The summed E-state index contributed by atoms with van der Waals surface area (Å²) >= 11 is 5.87. The average Bonchev–Trinajstić information content (AvgIpc) is 2.28. The Kier molecular flexibility index (Phi) is 5.39. The monoisotopic (exact) mass is 283 g/mol. The van der Waals surface area contributed by atoms with Gasteiger partial charge in [-0.1, -0.05) is 37.6 Å². The van der Waals surface area contributed by atoms with Gasteiger partial charge in [-0.25, -0.2) is 5.48 Å². The van der Waals surface area contributed by atoms with E-state index in [9.17, 15) is 4.79 Å². The molecule has 0 aliphatic rings. The molecule has 0 aliphatic heterocycles. The summed E-state index contributed by atoms with van der Waals surface area (Å²) in [4.78, 5) is 17.6. The predicted octanol–water partition coefficient (Wildman–Crippen LogP) is 3.93. The van der Waals surface area contributed by atoms with Crippen molar-refractivity contribution in [2.24, 2.45) is 5.92 Å². The lowest BCUT2D eigenvalue weighted by molar-refractivity contribution is -0.148. The van der Waals surface area contributed by atoms with Crippen LogP contribution < -0.4 is 5.48 Å². The Bertz CT molecular complexity index is 421. The maximum Gasteiger partial charge on any atom is 0.251 e. The van der Waals surface area contributed by atoms with Crippen LogP contribution in [0.2, 0.25) is 5.02 Å². The molecule has 106 valence electrons. The molecule has 1 unspecified atom stereocenters. The molecule has 0 aliphatic carbocycles. The fourth-order valence-electron chi connectivity index (χ4n) is 1.78. The number of amides is 1. The number of halogens is 1. The van der Waals surface area contributed by atoms with Crippen LogP contribution in [0.1, 0.15) is 46.1 Å². The maximum absolute atomic E-state index is 12.2. The molecular formula is C15H22ClNO2. The van der Waals surface area contributed by atoms with Crippen LogP contribution in [0, 0.1) is 5.92 Å². The molecule has 0 saturated heterocycles. The molecule has 0 heterocycles. The minimum absolute atomic E-state index is 0.132. The van der Waals surface area contributed by atoms with E-state index in [0.29, 0.717) is 5.02 Å². The first kappa shape index (κ1) is 16.0. The second kappa shape index (κ2) is 6.40. The van der Waals surface area contributed by atoms with Gasteiger partial charge in [-0.2, -0.15) is 0 Å². The van der Waals surface area contributed by atoms with Crippen molar-refractivity contribution in [1.82, 2.24) is 5.48 Å². The van der Waals surface area contributed by atoms with Gasteiger partial charge < -0.3 is 0 Å². The number of carbonyl (C=O) groups is 1. The summed E-state index contributed by atoms with van der Waals surface area (Å²) < 4.78 is 0. The van der Waals surface area contributed by atoms with E-state index in [1.165, 1.54) is 0 Å². The predicted molar refractivity (Wildman–Crippen MR) is 78.0 cm³/mol. The molecule has 0 fully saturated rings. The Balaban J connectivity index is 2.83. The van der Waals surface area contributed by atoms with Crippen molar-refractivity contribution in [3.63, 3.8) is 0 Å². The number of hydrogen-bond acceptors (Lipinski definition) is 2. The Morgan fingerprint density at radius 2 is 1.74 bits per heavy atom. The molecule has 1 amide bonds. The van der Waals surface area contributed by atoms with Crippen LogP contribution in [0.15, 0.2) is 24.3 Å². The standard InChI is InChI=1S/C15H22ClNO2/c1-10(2)13(11-6-8-12(16)9-7-11)14(18)17-19-15(3,4)5/h6-10,13H,1-5H3,(H,17,18). The number of carbonyl (C=O) groups excluding carboxylic acids is 1. The minimum Gasteiger partial charge on any atom is -0.272 e. The van der Waals surface area contributed by atoms with Gasteiger partial charge in [0, 0.05) is 5.02 Å². The summed E-state index contributed by atoms with van der Waals surface area (Å²) in [6.07, 6.45) is 0. The Morgan fingerprint density at radius 3 is 2.16 bits per heavy atom. The number of hydroxylamine groups is 1. The van der Waals surface area contributed by atoms with Crippen molar-refractivity contribution in [2.75, 3.05) is 0 Å². The zero-order valence-corrected chi connectivity index (χ0v) is 12.9. The molecule has 0 saturated carbocycles. The van der Waals surface area contributed by atoms with Crippen LogP contribution in [0.25, 0.3) is 0 Å². The third kappa shape index (κ3) is 5.21. The minimum atomic E-state index is -0.406.